The van der Waals surface area contributed by atoms with Crippen LogP contribution < -0.4 is 9.47 Å². The molecule has 1 atom stereocenters. The second-order valence-corrected chi connectivity index (χ2v) is 7.46. The highest BCUT2D eigenvalue weighted by molar-refractivity contribution is 5.85. The summed E-state index contributed by atoms with van der Waals surface area (Å²) >= 11 is 0. The van der Waals surface area contributed by atoms with Crippen LogP contribution in [0.1, 0.15) is 17.0 Å². The number of aromatic nitrogens is 2. The number of ether oxygens (including phenoxy) is 2. The molecular weight excluding hydrogens is 412 g/mol. The lowest BCUT2D eigenvalue weighted by Gasteiger charge is -2.17. The van der Waals surface area contributed by atoms with Gasteiger partial charge in [0, 0.05) is 0 Å². The number of hydrogen-bond donors (Lipinski definition) is 1. The summed E-state index contributed by atoms with van der Waals surface area (Å²) in [5, 5.41) is 10.7. The molecule has 1 aromatic heterocycles. The van der Waals surface area contributed by atoms with Gasteiger partial charge in [0.15, 0.2) is 0 Å². The van der Waals surface area contributed by atoms with Crippen LogP contribution in [0, 0.1) is 13.8 Å². The van der Waals surface area contributed by atoms with E-state index in [-0.39, 0.29) is 19.0 Å². The monoisotopic (exact) mass is 438 g/mol. The molecule has 4 rings (SSSR count). The van der Waals surface area contributed by atoms with Crippen molar-refractivity contribution in [3.05, 3.63) is 89.7 Å². The van der Waals surface area contributed by atoms with E-state index in [0.29, 0.717) is 13.2 Å². The molecule has 0 saturated heterocycles. The Balaban J connectivity index is 0.00000272. The van der Waals surface area contributed by atoms with Crippen LogP contribution in [0.25, 0.3) is 11.0 Å². The first kappa shape index (κ1) is 22.7. The molecule has 3 aromatic carbocycles. The molecule has 0 amide bonds. The highest BCUT2D eigenvalue weighted by Crippen LogP contribution is 2.21. The summed E-state index contributed by atoms with van der Waals surface area (Å²) in [6, 6.07) is 23.6. The Bertz CT molecular complexity index is 1130. The molecule has 1 heterocycles. The van der Waals surface area contributed by atoms with Gasteiger partial charge in [-0.25, -0.2) is 4.98 Å². The predicted octanol–water partition coefficient (Wildman–Crippen LogP) is 5.09. The zero-order valence-electron chi connectivity index (χ0n) is 17.7. The van der Waals surface area contributed by atoms with Gasteiger partial charge < -0.3 is 19.1 Å². The molecule has 0 aliphatic carbocycles. The van der Waals surface area contributed by atoms with Crippen molar-refractivity contribution in [3.63, 3.8) is 0 Å². The summed E-state index contributed by atoms with van der Waals surface area (Å²) < 4.78 is 13.8. The minimum absolute atomic E-state index is 0. The third-order valence-corrected chi connectivity index (χ3v) is 5.00. The van der Waals surface area contributed by atoms with Crippen molar-refractivity contribution in [1.29, 1.82) is 0 Å². The molecule has 0 radical (unpaired) electrons. The minimum atomic E-state index is -0.682. The van der Waals surface area contributed by atoms with Crippen molar-refractivity contribution in [1.82, 2.24) is 9.55 Å². The van der Waals surface area contributed by atoms with Crippen molar-refractivity contribution in [2.75, 3.05) is 6.61 Å². The fraction of sp³-hybridized carbons (Fsp3) is 0.240. The van der Waals surface area contributed by atoms with Gasteiger partial charge in [0.2, 0.25) is 0 Å². The number of para-hydroxylation sites is 3. The molecule has 5 nitrogen and oxygen atoms in total. The molecule has 4 aromatic rings. The second-order valence-electron chi connectivity index (χ2n) is 7.46. The SMILES string of the molecule is Cc1ccc(OCC(O)Cn2c(COc3ccccc3)nc3ccccc32)c(C)c1.Cl. The average Bonchev–Trinajstić information content (AvgIpc) is 3.10. The summed E-state index contributed by atoms with van der Waals surface area (Å²) in [4.78, 5) is 4.71. The van der Waals surface area contributed by atoms with Gasteiger partial charge in [0.1, 0.15) is 36.6 Å². The van der Waals surface area contributed by atoms with Crippen LogP contribution in [0.5, 0.6) is 11.5 Å². The number of hydrogen-bond acceptors (Lipinski definition) is 4. The van der Waals surface area contributed by atoms with E-state index in [0.717, 1.165) is 33.9 Å². The van der Waals surface area contributed by atoms with E-state index in [1.165, 1.54) is 5.56 Å². The molecule has 6 heteroatoms. The van der Waals surface area contributed by atoms with Crippen LogP contribution in [0.15, 0.2) is 72.8 Å². The molecule has 0 bridgehead atoms. The van der Waals surface area contributed by atoms with Gasteiger partial charge in [0.05, 0.1) is 17.6 Å². The van der Waals surface area contributed by atoms with Gasteiger partial charge in [-0.2, -0.15) is 0 Å². The van der Waals surface area contributed by atoms with Crippen LogP contribution >= 0.6 is 12.4 Å². The zero-order chi connectivity index (χ0) is 20.9. The molecule has 0 fully saturated rings. The number of nitrogens with zero attached hydrogens (tertiary/aromatic N) is 2. The van der Waals surface area contributed by atoms with Crippen molar-refractivity contribution in [2.45, 2.75) is 33.1 Å². The number of aliphatic hydroxyl groups is 1. The van der Waals surface area contributed by atoms with E-state index in [4.69, 9.17) is 14.5 Å². The third-order valence-electron chi connectivity index (χ3n) is 5.00. The quantitative estimate of drug-likeness (QED) is 0.416. The van der Waals surface area contributed by atoms with Crippen molar-refractivity contribution in [3.8, 4) is 11.5 Å². The number of benzene rings is 3. The summed E-state index contributed by atoms with van der Waals surface area (Å²) in [7, 11) is 0. The molecular formula is C25H27ClN2O3. The van der Waals surface area contributed by atoms with Gasteiger partial charge >= 0.3 is 0 Å². The Hall–Kier alpha value is -3.02. The molecule has 0 spiro atoms. The zero-order valence-corrected chi connectivity index (χ0v) is 18.5. The van der Waals surface area contributed by atoms with Crippen LogP contribution in [-0.4, -0.2) is 27.4 Å². The smallest absolute Gasteiger partial charge is 0.148 e. The number of aliphatic hydroxyl groups excluding tert-OH is 1. The normalized spacial score (nSPS) is 11.7. The molecule has 1 N–H and O–H groups in total. The fourth-order valence-electron chi connectivity index (χ4n) is 3.51. The lowest BCUT2D eigenvalue weighted by atomic mass is 10.1. The molecule has 0 saturated carbocycles. The van der Waals surface area contributed by atoms with E-state index in [1.807, 2.05) is 78.2 Å². The van der Waals surface area contributed by atoms with Crippen LogP contribution in [0.2, 0.25) is 0 Å². The topological polar surface area (TPSA) is 56.5 Å². The average molecular weight is 439 g/mol. The fourth-order valence-corrected chi connectivity index (χ4v) is 3.51. The van der Waals surface area contributed by atoms with E-state index >= 15 is 0 Å². The first-order valence-electron chi connectivity index (χ1n) is 10.1. The number of fused-ring (bicyclic) bond motifs is 1. The van der Waals surface area contributed by atoms with Crippen LogP contribution in [-0.2, 0) is 13.2 Å². The Morgan fingerprint density at radius 2 is 1.68 bits per heavy atom. The Kier molecular flexibility index (Phi) is 7.55. The maximum absolute atomic E-state index is 10.7. The summed E-state index contributed by atoms with van der Waals surface area (Å²) in [6.07, 6.45) is -0.682. The Labute approximate surface area is 188 Å². The maximum Gasteiger partial charge on any atom is 0.148 e. The third kappa shape index (κ3) is 5.57. The largest absolute Gasteiger partial charge is 0.491 e. The standard InChI is InChI=1S/C25H26N2O3.ClH/c1-18-12-13-24(19(2)14-18)30-16-20(28)15-27-23-11-7-6-10-22(23)26-25(27)17-29-21-8-4-3-5-9-21;/h3-14,20,28H,15-17H2,1-2H3;1H. The lowest BCUT2D eigenvalue weighted by Crippen LogP contribution is -2.25. The number of halogens is 1. The molecule has 0 aliphatic heterocycles. The van der Waals surface area contributed by atoms with Gasteiger partial charge in [-0.05, 0) is 49.7 Å². The highest BCUT2D eigenvalue weighted by Gasteiger charge is 2.15. The second kappa shape index (κ2) is 10.3. The Morgan fingerprint density at radius 3 is 2.45 bits per heavy atom. The maximum atomic E-state index is 10.7. The van der Waals surface area contributed by atoms with Gasteiger partial charge in [-0.3, -0.25) is 0 Å². The lowest BCUT2D eigenvalue weighted by molar-refractivity contribution is 0.0914. The molecule has 31 heavy (non-hydrogen) atoms. The van der Waals surface area contributed by atoms with E-state index in [2.05, 4.69) is 13.0 Å². The van der Waals surface area contributed by atoms with Gasteiger partial charge in [-0.15, -0.1) is 12.4 Å². The first-order valence-corrected chi connectivity index (χ1v) is 10.1. The highest BCUT2D eigenvalue weighted by atomic mass is 35.5. The summed E-state index contributed by atoms with van der Waals surface area (Å²) in [5.41, 5.74) is 4.10. The Morgan fingerprint density at radius 1 is 0.935 bits per heavy atom. The predicted molar refractivity (Wildman–Crippen MR) is 125 cm³/mol. The van der Waals surface area contributed by atoms with Crippen LogP contribution in [0.3, 0.4) is 0 Å². The number of aryl methyl sites for hydroxylation is 2. The minimum Gasteiger partial charge on any atom is -0.491 e. The van der Waals surface area contributed by atoms with Gasteiger partial charge in [-0.1, -0.05) is 48.0 Å². The van der Waals surface area contributed by atoms with Gasteiger partial charge in [0.25, 0.3) is 0 Å². The summed E-state index contributed by atoms with van der Waals surface area (Å²) in [5.74, 6) is 2.35. The van der Waals surface area contributed by atoms with E-state index < -0.39 is 6.10 Å². The van der Waals surface area contributed by atoms with Crippen molar-refractivity contribution >= 4 is 23.4 Å². The molecule has 162 valence electrons. The first-order chi connectivity index (χ1) is 14.6. The number of rotatable bonds is 8. The number of imidazole rings is 1. The van der Waals surface area contributed by atoms with Crippen LogP contribution in [0.4, 0.5) is 0 Å². The van der Waals surface area contributed by atoms with E-state index in [1.54, 1.807) is 0 Å². The van der Waals surface area contributed by atoms with Crippen molar-refractivity contribution in [2.24, 2.45) is 0 Å². The summed E-state index contributed by atoms with van der Waals surface area (Å²) in [6.45, 7) is 4.96. The molecule has 0 aliphatic rings. The van der Waals surface area contributed by atoms with Crippen molar-refractivity contribution < 1.29 is 14.6 Å². The molecule has 1 unspecified atom stereocenters. The van der Waals surface area contributed by atoms with E-state index in [9.17, 15) is 5.11 Å².